The van der Waals surface area contributed by atoms with Gasteiger partial charge in [0.15, 0.2) is 0 Å². The van der Waals surface area contributed by atoms with Gasteiger partial charge in [-0.2, -0.15) is 0 Å². The first-order valence-electron chi connectivity index (χ1n) is 7.50. The first-order chi connectivity index (χ1) is 12.3. The number of hydrogen-bond donors (Lipinski definition) is 2. The number of carboxylic acids is 1. The van der Waals surface area contributed by atoms with Crippen LogP contribution in [0.2, 0.25) is 0 Å². The van der Waals surface area contributed by atoms with Crippen LogP contribution in [0, 0.1) is 5.82 Å². The molecule has 0 aliphatic carbocycles. The van der Waals surface area contributed by atoms with Crippen LogP contribution in [0.3, 0.4) is 0 Å². The van der Waals surface area contributed by atoms with E-state index in [9.17, 15) is 22.7 Å². The fraction of sp³-hybridized carbons (Fsp3) is 0.235. The third-order valence-corrected chi connectivity index (χ3v) is 4.99. The maximum Gasteiger partial charge on any atom is 0.335 e. The van der Waals surface area contributed by atoms with E-state index < -0.39 is 21.8 Å². The van der Waals surface area contributed by atoms with Crippen LogP contribution in [0.4, 0.5) is 4.39 Å². The molecular formula is C17H18FNO6S. The van der Waals surface area contributed by atoms with E-state index in [1.165, 1.54) is 44.6 Å². The minimum Gasteiger partial charge on any atom is -0.496 e. The number of sulfonamides is 1. The highest BCUT2D eigenvalue weighted by molar-refractivity contribution is 7.89. The Morgan fingerprint density at radius 2 is 1.96 bits per heavy atom. The largest absolute Gasteiger partial charge is 0.496 e. The molecule has 0 saturated heterocycles. The quantitative estimate of drug-likeness (QED) is 0.677. The number of benzene rings is 2. The van der Waals surface area contributed by atoms with Crippen molar-refractivity contribution in [1.82, 2.24) is 4.72 Å². The van der Waals surface area contributed by atoms with Crippen LogP contribution in [0.1, 0.15) is 10.4 Å². The number of carboxylic acid groups (broad SMARTS) is 1. The molecule has 0 fully saturated rings. The second-order valence-electron chi connectivity index (χ2n) is 5.26. The van der Waals surface area contributed by atoms with E-state index in [1.54, 1.807) is 0 Å². The second-order valence-corrected chi connectivity index (χ2v) is 7.03. The van der Waals surface area contributed by atoms with Crippen molar-refractivity contribution in [2.75, 3.05) is 27.4 Å². The molecular weight excluding hydrogens is 365 g/mol. The highest BCUT2D eigenvalue weighted by Gasteiger charge is 2.21. The molecule has 140 valence electrons. The molecule has 0 heterocycles. The van der Waals surface area contributed by atoms with Crippen LogP contribution >= 0.6 is 0 Å². The van der Waals surface area contributed by atoms with E-state index >= 15 is 0 Å². The molecule has 2 N–H and O–H groups in total. The third kappa shape index (κ3) is 4.37. The molecule has 26 heavy (non-hydrogen) atoms. The van der Waals surface area contributed by atoms with Gasteiger partial charge in [0.1, 0.15) is 11.6 Å². The van der Waals surface area contributed by atoms with Crippen LogP contribution in [0.5, 0.6) is 5.75 Å². The Balaban J connectivity index is 2.63. The smallest absolute Gasteiger partial charge is 0.335 e. The van der Waals surface area contributed by atoms with Crippen LogP contribution < -0.4 is 9.46 Å². The Kier molecular flexibility index (Phi) is 6.30. The van der Waals surface area contributed by atoms with Crippen LogP contribution in [-0.2, 0) is 14.8 Å². The van der Waals surface area contributed by atoms with Gasteiger partial charge < -0.3 is 14.6 Å². The average Bonchev–Trinajstić information content (AvgIpc) is 2.61. The van der Waals surface area contributed by atoms with Crippen molar-refractivity contribution in [2.24, 2.45) is 0 Å². The lowest BCUT2D eigenvalue weighted by Gasteiger charge is -2.13. The maximum atomic E-state index is 14.3. The number of methoxy groups -OCH3 is 2. The molecule has 0 aliphatic rings. The molecule has 9 heteroatoms. The van der Waals surface area contributed by atoms with Gasteiger partial charge in [0.05, 0.1) is 29.7 Å². The maximum absolute atomic E-state index is 14.3. The predicted octanol–water partition coefficient (Wildman–Crippen LogP) is 2.12. The normalized spacial score (nSPS) is 11.3. The summed E-state index contributed by atoms with van der Waals surface area (Å²) in [6.07, 6.45) is 0. The van der Waals surface area contributed by atoms with Crippen molar-refractivity contribution in [2.45, 2.75) is 4.90 Å². The standard InChI is InChI=1S/C17H18FNO6S/c1-24-7-6-19-26(22,23)13-9-11(8-12(10-13)17(20)21)16-14(18)4-3-5-15(16)25-2/h3-5,8-10,19H,6-7H2,1-2H3,(H,20,21). The molecule has 7 nitrogen and oxygen atoms in total. The fourth-order valence-corrected chi connectivity index (χ4v) is 3.42. The first kappa shape index (κ1) is 19.8. The Labute approximate surface area is 150 Å². The summed E-state index contributed by atoms with van der Waals surface area (Å²) >= 11 is 0. The van der Waals surface area contributed by atoms with Crippen LogP contribution in [-0.4, -0.2) is 46.9 Å². The van der Waals surface area contributed by atoms with E-state index in [1.807, 2.05) is 0 Å². The molecule has 2 rings (SSSR count). The summed E-state index contributed by atoms with van der Waals surface area (Å²) in [7, 11) is -1.25. The summed E-state index contributed by atoms with van der Waals surface area (Å²) < 4.78 is 51.4. The summed E-state index contributed by atoms with van der Waals surface area (Å²) in [6, 6.07) is 7.50. The van der Waals surface area contributed by atoms with E-state index in [0.29, 0.717) is 0 Å². The van der Waals surface area contributed by atoms with Gasteiger partial charge in [-0.1, -0.05) is 6.07 Å². The first-order valence-corrected chi connectivity index (χ1v) is 8.98. The van der Waals surface area contributed by atoms with E-state index in [2.05, 4.69) is 4.72 Å². The Bertz CT molecular complexity index is 913. The summed E-state index contributed by atoms with van der Waals surface area (Å²) in [5.74, 6) is -1.85. The zero-order valence-electron chi connectivity index (χ0n) is 14.2. The van der Waals surface area contributed by atoms with Gasteiger partial charge in [0.2, 0.25) is 10.0 Å². The van der Waals surface area contributed by atoms with Crippen molar-refractivity contribution in [3.63, 3.8) is 0 Å². The molecule has 0 spiro atoms. The van der Waals surface area contributed by atoms with Crippen molar-refractivity contribution in [3.05, 3.63) is 47.8 Å². The molecule has 0 amide bonds. The number of hydrogen-bond acceptors (Lipinski definition) is 5. The van der Waals surface area contributed by atoms with Crippen LogP contribution in [0.25, 0.3) is 11.1 Å². The molecule has 0 atom stereocenters. The minimum atomic E-state index is -4.01. The Hall–Kier alpha value is -2.49. The van der Waals surface area contributed by atoms with Gasteiger partial charge in [0, 0.05) is 13.7 Å². The average molecular weight is 383 g/mol. The van der Waals surface area contributed by atoms with Gasteiger partial charge in [-0.25, -0.2) is 22.3 Å². The fourth-order valence-electron chi connectivity index (χ4n) is 2.34. The molecule has 2 aromatic carbocycles. The molecule has 0 unspecified atom stereocenters. The predicted molar refractivity (Wildman–Crippen MR) is 92.4 cm³/mol. The van der Waals surface area contributed by atoms with Crippen LogP contribution in [0.15, 0.2) is 41.3 Å². The number of aromatic carboxylic acids is 1. The molecule has 0 aliphatic heterocycles. The summed E-state index contributed by atoms with van der Waals surface area (Å²) in [5.41, 5.74) is -0.238. The number of rotatable bonds is 8. The molecule has 0 saturated carbocycles. The van der Waals surface area contributed by atoms with Gasteiger partial charge in [-0.3, -0.25) is 0 Å². The molecule has 0 aromatic heterocycles. The molecule has 2 aromatic rings. The lowest BCUT2D eigenvalue weighted by Crippen LogP contribution is -2.27. The topological polar surface area (TPSA) is 102 Å². The van der Waals surface area contributed by atoms with E-state index in [-0.39, 0.29) is 40.5 Å². The zero-order chi connectivity index (χ0) is 19.3. The van der Waals surface area contributed by atoms with Gasteiger partial charge in [-0.15, -0.1) is 0 Å². The summed E-state index contributed by atoms with van der Waals surface area (Å²) in [5, 5.41) is 9.30. The lowest BCUT2D eigenvalue weighted by atomic mass is 10.0. The van der Waals surface area contributed by atoms with Crippen molar-refractivity contribution >= 4 is 16.0 Å². The summed E-state index contributed by atoms with van der Waals surface area (Å²) in [4.78, 5) is 11.1. The molecule has 0 bridgehead atoms. The number of halogens is 1. The highest BCUT2D eigenvalue weighted by atomic mass is 32.2. The minimum absolute atomic E-state index is 0.00842. The number of carbonyl (C=O) groups is 1. The van der Waals surface area contributed by atoms with Crippen molar-refractivity contribution in [1.29, 1.82) is 0 Å². The summed E-state index contributed by atoms with van der Waals surface area (Å²) in [6.45, 7) is 0.153. The van der Waals surface area contributed by atoms with Crippen molar-refractivity contribution in [3.8, 4) is 16.9 Å². The zero-order valence-corrected chi connectivity index (χ0v) is 15.0. The number of nitrogens with one attached hydrogen (secondary N) is 1. The molecule has 0 radical (unpaired) electrons. The van der Waals surface area contributed by atoms with Crippen molar-refractivity contribution < 1.29 is 32.2 Å². The van der Waals surface area contributed by atoms with E-state index in [4.69, 9.17) is 9.47 Å². The van der Waals surface area contributed by atoms with Gasteiger partial charge >= 0.3 is 5.97 Å². The van der Waals surface area contributed by atoms with E-state index in [0.717, 1.165) is 6.07 Å². The van der Waals surface area contributed by atoms with Gasteiger partial charge in [-0.05, 0) is 35.9 Å². The highest BCUT2D eigenvalue weighted by Crippen LogP contribution is 2.34. The number of ether oxygens (including phenoxy) is 2. The Morgan fingerprint density at radius 3 is 2.58 bits per heavy atom. The monoisotopic (exact) mass is 383 g/mol. The SMILES string of the molecule is COCCNS(=O)(=O)c1cc(C(=O)O)cc(-c2c(F)cccc2OC)c1. The second kappa shape index (κ2) is 8.26. The van der Waals surface area contributed by atoms with Gasteiger partial charge in [0.25, 0.3) is 0 Å². The third-order valence-electron chi connectivity index (χ3n) is 3.55. The Morgan fingerprint density at radius 1 is 1.23 bits per heavy atom. The lowest BCUT2D eigenvalue weighted by molar-refractivity contribution is 0.0696.